The Labute approximate surface area is 71.2 Å². The Bertz CT molecular complexity index is 258. The summed E-state index contributed by atoms with van der Waals surface area (Å²) in [4.78, 5) is 11.2. The van der Waals surface area contributed by atoms with Gasteiger partial charge in [-0.15, -0.1) is 0 Å². The number of benzene rings is 1. The molecule has 0 aliphatic heterocycles. The summed E-state index contributed by atoms with van der Waals surface area (Å²) >= 11 is 0. The fourth-order valence-corrected chi connectivity index (χ4v) is 0.809. The van der Waals surface area contributed by atoms with Crippen LogP contribution in [-0.2, 0) is 0 Å². The van der Waals surface area contributed by atoms with Gasteiger partial charge in [-0.1, -0.05) is 18.2 Å². The van der Waals surface area contributed by atoms with Crippen LogP contribution in [0, 0.1) is 6.07 Å². The highest BCUT2D eigenvalue weighted by molar-refractivity contribution is 5.92. The summed E-state index contributed by atoms with van der Waals surface area (Å²) in [6, 6.07) is 9.48. The van der Waals surface area contributed by atoms with Gasteiger partial charge in [0.2, 0.25) is 0 Å². The highest BCUT2D eigenvalue weighted by atomic mass is 16.5. The van der Waals surface area contributed by atoms with Crippen molar-refractivity contribution < 1.29 is 10.0 Å². The van der Waals surface area contributed by atoms with Crippen molar-refractivity contribution in [2.75, 3.05) is 6.54 Å². The van der Waals surface area contributed by atoms with E-state index in [1.807, 2.05) is 0 Å². The van der Waals surface area contributed by atoms with Gasteiger partial charge in [0.1, 0.15) is 0 Å². The molecule has 0 saturated heterocycles. The maximum Gasteiger partial charge on any atom is 0.277 e. The number of hydrogen-bond acceptors (Lipinski definition) is 2. The second-order valence-electron chi connectivity index (χ2n) is 2.30. The molecule has 0 unspecified atom stereocenters. The normalized spacial score (nSPS) is 9.50. The van der Waals surface area contributed by atoms with Gasteiger partial charge in [-0.3, -0.25) is 10.0 Å². The Morgan fingerprint density at radius 3 is 2.92 bits per heavy atom. The van der Waals surface area contributed by atoms with Crippen LogP contribution in [0.2, 0.25) is 0 Å². The zero-order chi connectivity index (χ0) is 8.97. The molecule has 1 aromatic carbocycles. The largest absolute Gasteiger partial charge is 0.286 e. The maximum atomic E-state index is 11.2. The van der Waals surface area contributed by atoms with Crippen LogP contribution in [0.1, 0.15) is 17.3 Å². The lowest BCUT2D eigenvalue weighted by molar-refractivity contribution is -0.0541. The number of carbonyl (C=O) groups excluding carboxylic acids is 1. The second-order valence-corrected chi connectivity index (χ2v) is 2.30. The van der Waals surface area contributed by atoms with Crippen molar-refractivity contribution in [1.29, 1.82) is 0 Å². The summed E-state index contributed by atoms with van der Waals surface area (Å²) < 4.78 is 0. The SMILES string of the molecule is CCN(O)C(=O)c1[c]cccc1. The van der Waals surface area contributed by atoms with E-state index in [1.54, 1.807) is 31.2 Å². The van der Waals surface area contributed by atoms with E-state index in [0.29, 0.717) is 10.6 Å². The van der Waals surface area contributed by atoms with Gasteiger partial charge in [-0.05, 0) is 19.1 Å². The van der Waals surface area contributed by atoms with Gasteiger partial charge in [0, 0.05) is 12.1 Å². The molecule has 3 heteroatoms. The Kier molecular flexibility index (Phi) is 2.82. The fraction of sp³-hybridized carbons (Fsp3) is 0.222. The molecule has 1 radical (unpaired) electrons. The molecule has 0 aliphatic rings. The van der Waals surface area contributed by atoms with Crippen molar-refractivity contribution in [3.8, 4) is 0 Å². The van der Waals surface area contributed by atoms with Gasteiger partial charge in [0.15, 0.2) is 0 Å². The summed E-state index contributed by atoms with van der Waals surface area (Å²) in [6.45, 7) is 1.97. The zero-order valence-corrected chi connectivity index (χ0v) is 6.82. The van der Waals surface area contributed by atoms with Crippen LogP contribution in [-0.4, -0.2) is 22.7 Å². The topological polar surface area (TPSA) is 40.5 Å². The summed E-state index contributed by atoms with van der Waals surface area (Å²) in [6.07, 6.45) is 0. The molecule has 0 atom stereocenters. The van der Waals surface area contributed by atoms with Gasteiger partial charge in [-0.25, -0.2) is 5.06 Å². The van der Waals surface area contributed by atoms with E-state index in [0.717, 1.165) is 0 Å². The molecular weight excluding hydrogens is 154 g/mol. The van der Waals surface area contributed by atoms with Crippen LogP contribution in [0.25, 0.3) is 0 Å². The molecule has 1 amide bonds. The average molecular weight is 164 g/mol. The molecule has 0 aromatic heterocycles. The van der Waals surface area contributed by atoms with Gasteiger partial charge in [-0.2, -0.15) is 0 Å². The van der Waals surface area contributed by atoms with Gasteiger partial charge in [0.05, 0.1) is 0 Å². The smallest absolute Gasteiger partial charge is 0.277 e. The lowest BCUT2D eigenvalue weighted by atomic mass is 10.2. The van der Waals surface area contributed by atoms with E-state index < -0.39 is 5.91 Å². The van der Waals surface area contributed by atoms with Crippen molar-refractivity contribution in [2.24, 2.45) is 0 Å². The number of carbonyl (C=O) groups is 1. The van der Waals surface area contributed by atoms with E-state index >= 15 is 0 Å². The summed E-state index contributed by atoms with van der Waals surface area (Å²) in [7, 11) is 0. The van der Waals surface area contributed by atoms with Crippen molar-refractivity contribution in [3.05, 3.63) is 35.9 Å². The molecule has 12 heavy (non-hydrogen) atoms. The number of amides is 1. The molecule has 1 rings (SSSR count). The number of hydrogen-bond donors (Lipinski definition) is 1. The molecule has 0 fully saturated rings. The minimum atomic E-state index is -0.418. The lowest BCUT2D eigenvalue weighted by Crippen LogP contribution is -2.26. The molecular formula is C9H10NO2. The fourth-order valence-electron chi connectivity index (χ4n) is 0.809. The molecule has 1 N–H and O–H groups in total. The molecule has 0 spiro atoms. The molecule has 63 valence electrons. The van der Waals surface area contributed by atoms with Crippen LogP contribution in [0.15, 0.2) is 24.3 Å². The predicted molar refractivity (Wildman–Crippen MR) is 43.8 cm³/mol. The van der Waals surface area contributed by atoms with Crippen LogP contribution in [0.5, 0.6) is 0 Å². The number of hydroxylamine groups is 2. The summed E-state index contributed by atoms with van der Waals surface area (Å²) in [5.74, 6) is -0.418. The van der Waals surface area contributed by atoms with E-state index in [-0.39, 0.29) is 6.54 Å². The van der Waals surface area contributed by atoms with Gasteiger partial charge >= 0.3 is 0 Å². The first kappa shape index (κ1) is 8.74. The second kappa shape index (κ2) is 3.88. The Balaban J connectivity index is 2.79. The zero-order valence-electron chi connectivity index (χ0n) is 6.82. The highest BCUT2D eigenvalue weighted by Crippen LogP contribution is 2.00. The Morgan fingerprint density at radius 1 is 1.67 bits per heavy atom. The van der Waals surface area contributed by atoms with Crippen molar-refractivity contribution >= 4 is 5.91 Å². The number of rotatable bonds is 2. The molecule has 1 aromatic rings. The number of nitrogens with zero attached hydrogens (tertiary/aromatic N) is 1. The van der Waals surface area contributed by atoms with Crippen LogP contribution in [0.3, 0.4) is 0 Å². The Morgan fingerprint density at radius 2 is 2.42 bits per heavy atom. The Hall–Kier alpha value is -1.35. The minimum Gasteiger partial charge on any atom is -0.286 e. The molecule has 0 heterocycles. The van der Waals surface area contributed by atoms with Crippen LogP contribution < -0.4 is 0 Å². The monoisotopic (exact) mass is 164 g/mol. The van der Waals surface area contributed by atoms with E-state index in [9.17, 15) is 4.79 Å². The summed E-state index contributed by atoms with van der Waals surface area (Å²) in [5, 5.41) is 9.70. The lowest BCUT2D eigenvalue weighted by Gasteiger charge is -2.11. The molecule has 0 saturated carbocycles. The molecule has 0 bridgehead atoms. The first-order valence-electron chi connectivity index (χ1n) is 3.73. The summed E-state index contributed by atoms with van der Waals surface area (Å²) in [5.41, 5.74) is 0.377. The van der Waals surface area contributed by atoms with Crippen molar-refractivity contribution in [1.82, 2.24) is 5.06 Å². The van der Waals surface area contributed by atoms with Crippen molar-refractivity contribution in [2.45, 2.75) is 6.92 Å². The molecule has 3 nitrogen and oxygen atoms in total. The first-order valence-corrected chi connectivity index (χ1v) is 3.73. The quantitative estimate of drug-likeness (QED) is 0.529. The van der Waals surface area contributed by atoms with Gasteiger partial charge in [0.25, 0.3) is 5.91 Å². The van der Waals surface area contributed by atoms with Crippen LogP contribution in [0.4, 0.5) is 0 Å². The first-order chi connectivity index (χ1) is 5.75. The van der Waals surface area contributed by atoms with E-state index in [1.165, 1.54) is 0 Å². The third kappa shape index (κ3) is 1.83. The van der Waals surface area contributed by atoms with E-state index in [2.05, 4.69) is 6.07 Å². The maximum absolute atomic E-state index is 11.2. The predicted octanol–water partition coefficient (Wildman–Crippen LogP) is 1.34. The van der Waals surface area contributed by atoms with Crippen molar-refractivity contribution in [3.63, 3.8) is 0 Å². The molecule has 0 aliphatic carbocycles. The van der Waals surface area contributed by atoms with E-state index in [4.69, 9.17) is 5.21 Å². The standard InChI is InChI=1S/C9H10NO2/c1-2-10(12)9(11)8-6-4-3-5-7-8/h3-6,12H,2H2,1H3. The third-order valence-corrected chi connectivity index (χ3v) is 1.47. The minimum absolute atomic E-state index is 0.279. The van der Waals surface area contributed by atoms with Gasteiger partial charge < -0.3 is 0 Å². The average Bonchev–Trinajstić information content (AvgIpc) is 2.17. The highest BCUT2D eigenvalue weighted by Gasteiger charge is 2.10. The van der Waals surface area contributed by atoms with Crippen LogP contribution >= 0.6 is 0 Å². The third-order valence-electron chi connectivity index (χ3n) is 1.47.